The van der Waals surface area contributed by atoms with E-state index in [9.17, 15) is 0 Å². The zero-order valence-corrected chi connectivity index (χ0v) is 14.5. The van der Waals surface area contributed by atoms with Gasteiger partial charge in [-0.3, -0.25) is 0 Å². The molecule has 0 atom stereocenters. The molecule has 0 bridgehead atoms. The van der Waals surface area contributed by atoms with E-state index < -0.39 is 0 Å². The van der Waals surface area contributed by atoms with E-state index in [0.717, 1.165) is 25.7 Å². The highest BCUT2D eigenvalue weighted by molar-refractivity contribution is 4.89. The minimum atomic E-state index is -0.282. The molecule has 0 N–H and O–H groups in total. The van der Waals surface area contributed by atoms with E-state index in [0.29, 0.717) is 0 Å². The largest absolute Gasteiger partial charge is 0.230 e. The molecule has 0 saturated heterocycles. The lowest BCUT2D eigenvalue weighted by molar-refractivity contribution is -0.429. The summed E-state index contributed by atoms with van der Waals surface area (Å²) in [6, 6.07) is 0. The summed E-state index contributed by atoms with van der Waals surface area (Å²) in [5.74, 6) is 0. The Labute approximate surface area is 124 Å². The summed E-state index contributed by atoms with van der Waals surface area (Å²) in [6.45, 7) is 16.1. The van der Waals surface area contributed by atoms with E-state index in [4.69, 9.17) is 19.6 Å². The van der Waals surface area contributed by atoms with Gasteiger partial charge in [-0.15, -0.1) is 0 Å². The minimum absolute atomic E-state index is 0.238. The van der Waals surface area contributed by atoms with Crippen LogP contribution in [0, 0.1) is 0 Å². The molecule has 0 unspecified atom stereocenters. The van der Waals surface area contributed by atoms with Crippen LogP contribution in [-0.2, 0) is 19.6 Å². The van der Waals surface area contributed by atoms with Crippen LogP contribution >= 0.6 is 0 Å². The fraction of sp³-hybridized carbons (Fsp3) is 1.00. The van der Waals surface area contributed by atoms with Crippen LogP contribution in [0.3, 0.4) is 0 Å². The Morgan fingerprint density at radius 3 is 1.05 bits per heavy atom. The number of rotatable bonds is 4. The molecule has 4 heteroatoms. The van der Waals surface area contributed by atoms with Gasteiger partial charge in [0.1, 0.15) is 11.2 Å². The van der Waals surface area contributed by atoms with Crippen molar-refractivity contribution in [2.24, 2.45) is 0 Å². The number of hydrogen-bond acceptors (Lipinski definition) is 4. The Hall–Kier alpha value is -0.160. The Balaban J connectivity index is 2.45. The summed E-state index contributed by atoms with van der Waals surface area (Å²) in [5.41, 5.74) is -1.04. The third-order valence-electron chi connectivity index (χ3n) is 3.35. The molecule has 0 aromatic heterocycles. The summed E-state index contributed by atoms with van der Waals surface area (Å²) in [6.07, 6.45) is 3.58. The predicted molar refractivity (Wildman–Crippen MR) is 79.1 cm³/mol. The van der Waals surface area contributed by atoms with Gasteiger partial charge in [0, 0.05) is 0 Å². The smallest absolute Gasteiger partial charge is 0.101 e. The SMILES string of the molecule is CC(C)(C)OOC1(C)CCC(C)(OOC(C)(C)C)CC1. The molecule has 1 rings (SSSR count). The molecule has 1 fully saturated rings. The summed E-state index contributed by atoms with van der Waals surface area (Å²) < 4.78 is 0. The molecule has 1 aliphatic rings. The van der Waals surface area contributed by atoms with E-state index in [2.05, 4.69) is 13.8 Å². The van der Waals surface area contributed by atoms with E-state index in [1.807, 2.05) is 41.5 Å². The first-order valence-electron chi connectivity index (χ1n) is 7.56. The molecular formula is C16H32O4. The third-order valence-corrected chi connectivity index (χ3v) is 3.35. The van der Waals surface area contributed by atoms with Gasteiger partial charge in [-0.05, 0) is 81.1 Å². The fourth-order valence-electron chi connectivity index (χ4n) is 1.93. The Bertz CT molecular complexity index is 271. The zero-order valence-electron chi connectivity index (χ0n) is 14.5. The zero-order chi connectivity index (χ0) is 15.7. The van der Waals surface area contributed by atoms with Crippen molar-refractivity contribution in [2.45, 2.75) is 103 Å². The summed E-state index contributed by atoms with van der Waals surface area (Å²) >= 11 is 0. The van der Waals surface area contributed by atoms with E-state index in [1.165, 1.54) is 0 Å². The van der Waals surface area contributed by atoms with Gasteiger partial charge < -0.3 is 0 Å². The molecule has 0 aromatic rings. The molecule has 1 aliphatic carbocycles. The molecule has 1 saturated carbocycles. The second-order valence-electron chi connectivity index (χ2n) is 8.46. The standard InChI is InChI=1S/C16H32O4/c1-13(2,3)17-19-15(7)9-11-16(8,12-10-15)20-18-14(4,5)6/h9-12H2,1-8H3. The summed E-state index contributed by atoms with van der Waals surface area (Å²) in [4.78, 5) is 22.3. The molecular weight excluding hydrogens is 256 g/mol. The Kier molecular flexibility index (Phi) is 5.29. The highest BCUT2D eigenvalue weighted by Crippen LogP contribution is 2.40. The lowest BCUT2D eigenvalue weighted by Crippen LogP contribution is -2.44. The Morgan fingerprint density at radius 2 is 0.850 bits per heavy atom. The average molecular weight is 288 g/mol. The van der Waals surface area contributed by atoms with Gasteiger partial charge in [-0.1, -0.05) is 0 Å². The Morgan fingerprint density at radius 1 is 0.600 bits per heavy atom. The number of hydrogen-bond donors (Lipinski definition) is 0. The first-order chi connectivity index (χ1) is 8.83. The van der Waals surface area contributed by atoms with Crippen molar-refractivity contribution in [2.75, 3.05) is 0 Å². The van der Waals surface area contributed by atoms with Crippen LogP contribution < -0.4 is 0 Å². The average Bonchev–Trinajstić information content (AvgIpc) is 2.28. The van der Waals surface area contributed by atoms with Crippen LogP contribution in [0.4, 0.5) is 0 Å². The fourth-order valence-corrected chi connectivity index (χ4v) is 1.93. The van der Waals surface area contributed by atoms with Crippen molar-refractivity contribution in [3.63, 3.8) is 0 Å². The molecule has 120 valence electrons. The van der Waals surface area contributed by atoms with Crippen LogP contribution in [0.25, 0.3) is 0 Å². The maximum absolute atomic E-state index is 5.68. The van der Waals surface area contributed by atoms with Crippen LogP contribution in [0.15, 0.2) is 0 Å². The van der Waals surface area contributed by atoms with E-state index in [1.54, 1.807) is 0 Å². The predicted octanol–water partition coefficient (Wildman–Crippen LogP) is 4.57. The first kappa shape index (κ1) is 17.9. The van der Waals surface area contributed by atoms with Crippen LogP contribution in [0.5, 0.6) is 0 Å². The minimum Gasteiger partial charge on any atom is -0.230 e. The topological polar surface area (TPSA) is 36.9 Å². The van der Waals surface area contributed by atoms with Crippen LogP contribution in [0.2, 0.25) is 0 Å². The second-order valence-corrected chi connectivity index (χ2v) is 8.46. The highest BCUT2D eigenvalue weighted by atomic mass is 17.2. The van der Waals surface area contributed by atoms with Gasteiger partial charge in [0.05, 0.1) is 11.2 Å². The normalized spacial score (nSPS) is 32.4. The van der Waals surface area contributed by atoms with Crippen molar-refractivity contribution in [1.29, 1.82) is 0 Å². The second kappa shape index (κ2) is 5.91. The molecule has 0 aliphatic heterocycles. The monoisotopic (exact) mass is 288 g/mol. The maximum Gasteiger partial charge on any atom is 0.101 e. The third kappa shape index (κ3) is 6.53. The molecule has 0 aromatic carbocycles. The highest BCUT2D eigenvalue weighted by Gasteiger charge is 2.42. The van der Waals surface area contributed by atoms with E-state index >= 15 is 0 Å². The van der Waals surface area contributed by atoms with Crippen LogP contribution in [0.1, 0.15) is 81.1 Å². The first-order valence-corrected chi connectivity index (χ1v) is 7.56. The van der Waals surface area contributed by atoms with Gasteiger partial charge in [0.2, 0.25) is 0 Å². The van der Waals surface area contributed by atoms with Crippen LogP contribution in [-0.4, -0.2) is 22.4 Å². The molecule has 0 spiro atoms. The quantitative estimate of drug-likeness (QED) is 0.561. The van der Waals surface area contributed by atoms with Gasteiger partial charge in [0.15, 0.2) is 0 Å². The molecule has 0 radical (unpaired) electrons. The van der Waals surface area contributed by atoms with E-state index in [-0.39, 0.29) is 22.4 Å². The van der Waals surface area contributed by atoms with Crippen molar-refractivity contribution in [3.05, 3.63) is 0 Å². The molecule has 4 nitrogen and oxygen atoms in total. The van der Waals surface area contributed by atoms with Crippen molar-refractivity contribution >= 4 is 0 Å². The van der Waals surface area contributed by atoms with Crippen molar-refractivity contribution in [3.8, 4) is 0 Å². The summed E-state index contributed by atoms with van der Waals surface area (Å²) in [7, 11) is 0. The van der Waals surface area contributed by atoms with Gasteiger partial charge in [0.25, 0.3) is 0 Å². The van der Waals surface area contributed by atoms with Gasteiger partial charge in [-0.25, -0.2) is 19.6 Å². The lowest BCUT2D eigenvalue weighted by atomic mass is 9.78. The lowest BCUT2D eigenvalue weighted by Gasteiger charge is -2.42. The molecule has 20 heavy (non-hydrogen) atoms. The van der Waals surface area contributed by atoms with Crippen molar-refractivity contribution in [1.82, 2.24) is 0 Å². The molecule has 0 heterocycles. The van der Waals surface area contributed by atoms with Gasteiger partial charge >= 0.3 is 0 Å². The van der Waals surface area contributed by atoms with Gasteiger partial charge in [-0.2, -0.15) is 0 Å². The maximum atomic E-state index is 5.68. The summed E-state index contributed by atoms with van der Waals surface area (Å²) in [5, 5.41) is 0. The van der Waals surface area contributed by atoms with Crippen molar-refractivity contribution < 1.29 is 19.6 Å². The molecule has 0 amide bonds.